The van der Waals surface area contributed by atoms with Crippen LogP contribution in [0.5, 0.6) is 0 Å². The first kappa shape index (κ1) is 10.9. The largest absolute Gasteiger partial charge is 0.320 e. The van der Waals surface area contributed by atoms with E-state index in [9.17, 15) is 0 Å². The maximum atomic E-state index is 4.36. The second-order valence-electron chi connectivity index (χ2n) is 3.78. The van der Waals surface area contributed by atoms with E-state index >= 15 is 0 Å². The fourth-order valence-corrected chi connectivity index (χ4v) is 1.77. The Morgan fingerprint density at radius 2 is 2.00 bits per heavy atom. The lowest BCUT2D eigenvalue weighted by Crippen LogP contribution is -2.10. The van der Waals surface area contributed by atoms with Crippen LogP contribution in [-0.4, -0.2) is 23.4 Å². The number of para-hydroxylation sites is 1. The molecule has 0 bridgehead atoms. The molecule has 0 aliphatic rings. The van der Waals surface area contributed by atoms with Crippen LogP contribution in [0, 0.1) is 0 Å². The van der Waals surface area contributed by atoms with E-state index in [1.165, 1.54) is 5.69 Å². The van der Waals surface area contributed by atoms with Crippen LogP contribution in [0.4, 0.5) is 0 Å². The Morgan fingerprint density at radius 1 is 1.19 bits per heavy atom. The Kier molecular flexibility index (Phi) is 3.72. The predicted molar refractivity (Wildman–Crippen MR) is 65.8 cm³/mol. The highest BCUT2D eigenvalue weighted by Crippen LogP contribution is 2.11. The van der Waals surface area contributed by atoms with Crippen molar-refractivity contribution in [1.82, 2.24) is 15.1 Å². The number of nitrogens with zero attached hydrogens (tertiary/aromatic N) is 2. The lowest BCUT2D eigenvalue weighted by molar-refractivity contribution is 0.692. The highest BCUT2D eigenvalue weighted by Gasteiger charge is 2.03. The van der Waals surface area contributed by atoms with Crippen molar-refractivity contribution in [2.45, 2.75) is 12.8 Å². The molecule has 0 atom stereocenters. The molecule has 16 heavy (non-hydrogen) atoms. The van der Waals surface area contributed by atoms with Gasteiger partial charge in [-0.2, -0.15) is 5.10 Å². The molecule has 0 spiro atoms. The minimum Gasteiger partial charge on any atom is -0.320 e. The Morgan fingerprint density at radius 3 is 2.75 bits per heavy atom. The van der Waals surface area contributed by atoms with E-state index in [4.69, 9.17) is 0 Å². The van der Waals surface area contributed by atoms with Gasteiger partial charge in [0.1, 0.15) is 0 Å². The maximum absolute atomic E-state index is 4.36. The quantitative estimate of drug-likeness (QED) is 0.773. The van der Waals surface area contributed by atoms with E-state index in [1.54, 1.807) is 0 Å². The van der Waals surface area contributed by atoms with Gasteiger partial charge in [-0.05, 0) is 44.6 Å². The summed E-state index contributed by atoms with van der Waals surface area (Å²) in [6.07, 6.45) is 4.05. The average Bonchev–Trinajstić information content (AvgIpc) is 2.79. The number of benzene rings is 1. The molecule has 2 rings (SSSR count). The fraction of sp³-hybridized carbons (Fsp3) is 0.308. The first-order chi connectivity index (χ1) is 7.92. The zero-order valence-corrected chi connectivity index (χ0v) is 9.56. The Balaban J connectivity index is 2.13. The van der Waals surface area contributed by atoms with Gasteiger partial charge in [-0.3, -0.25) is 0 Å². The van der Waals surface area contributed by atoms with Crippen LogP contribution in [-0.2, 0) is 6.42 Å². The van der Waals surface area contributed by atoms with Gasteiger partial charge in [0.15, 0.2) is 0 Å². The molecule has 0 saturated heterocycles. The SMILES string of the molecule is CNCCCc1ccnn1-c1ccccc1. The molecule has 84 valence electrons. The lowest BCUT2D eigenvalue weighted by atomic mass is 10.2. The van der Waals surface area contributed by atoms with Crippen molar-refractivity contribution in [3.05, 3.63) is 48.3 Å². The van der Waals surface area contributed by atoms with Gasteiger partial charge in [-0.25, -0.2) is 4.68 Å². The smallest absolute Gasteiger partial charge is 0.0648 e. The van der Waals surface area contributed by atoms with E-state index in [1.807, 2.05) is 36.1 Å². The van der Waals surface area contributed by atoms with Gasteiger partial charge < -0.3 is 5.32 Å². The number of aromatic nitrogens is 2. The van der Waals surface area contributed by atoms with Crippen molar-refractivity contribution < 1.29 is 0 Å². The summed E-state index contributed by atoms with van der Waals surface area (Å²) in [4.78, 5) is 0. The lowest BCUT2D eigenvalue weighted by Gasteiger charge is -2.06. The topological polar surface area (TPSA) is 29.9 Å². The highest BCUT2D eigenvalue weighted by atomic mass is 15.3. The minimum atomic E-state index is 1.04. The molecule has 3 nitrogen and oxygen atoms in total. The van der Waals surface area contributed by atoms with Gasteiger partial charge >= 0.3 is 0 Å². The summed E-state index contributed by atoms with van der Waals surface area (Å²) >= 11 is 0. The number of rotatable bonds is 5. The van der Waals surface area contributed by atoms with E-state index < -0.39 is 0 Å². The summed E-state index contributed by atoms with van der Waals surface area (Å²) in [6.45, 7) is 1.04. The Bertz CT molecular complexity index is 420. The van der Waals surface area contributed by atoms with Crippen LogP contribution < -0.4 is 5.32 Å². The van der Waals surface area contributed by atoms with Crippen molar-refractivity contribution in [2.75, 3.05) is 13.6 Å². The molecule has 0 unspecified atom stereocenters. The van der Waals surface area contributed by atoms with Crippen molar-refractivity contribution in [3.63, 3.8) is 0 Å². The Labute approximate surface area is 96.1 Å². The molecule has 0 aliphatic heterocycles. The van der Waals surface area contributed by atoms with Crippen LogP contribution in [0.1, 0.15) is 12.1 Å². The van der Waals surface area contributed by atoms with E-state index in [0.717, 1.165) is 25.1 Å². The summed E-state index contributed by atoms with van der Waals surface area (Å²) in [7, 11) is 1.98. The molecular formula is C13H17N3. The third kappa shape index (κ3) is 2.49. The number of hydrogen-bond donors (Lipinski definition) is 1. The van der Waals surface area contributed by atoms with Gasteiger partial charge in [-0.1, -0.05) is 18.2 Å². The predicted octanol–water partition coefficient (Wildman–Crippen LogP) is 2.02. The first-order valence-electron chi connectivity index (χ1n) is 5.65. The van der Waals surface area contributed by atoms with Crippen LogP contribution in [0.25, 0.3) is 5.69 Å². The number of nitrogens with one attached hydrogen (secondary N) is 1. The molecule has 1 aromatic carbocycles. The minimum absolute atomic E-state index is 1.04. The van der Waals surface area contributed by atoms with Crippen LogP contribution in [0.3, 0.4) is 0 Å². The molecule has 0 radical (unpaired) electrons. The molecule has 1 N–H and O–H groups in total. The Hall–Kier alpha value is -1.61. The molecular weight excluding hydrogens is 198 g/mol. The number of aryl methyl sites for hydroxylation is 1. The first-order valence-corrected chi connectivity index (χ1v) is 5.65. The van der Waals surface area contributed by atoms with Gasteiger partial charge in [0, 0.05) is 11.9 Å². The van der Waals surface area contributed by atoms with Crippen LogP contribution >= 0.6 is 0 Å². The summed E-state index contributed by atoms with van der Waals surface area (Å²) in [6, 6.07) is 12.3. The van der Waals surface area contributed by atoms with E-state index in [2.05, 4.69) is 28.6 Å². The van der Waals surface area contributed by atoms with Crippen molar-refractivity contribution in [3.8, 4) is 5.69 Å². The third-order valence-electron chi connectivity index (χ3n) is 2.58. The summed E-state index contributed by atoms with van der Waals surface area (Å²) in [5, 5.41) is 7.52. The molecule has 1 heterocycles. The summed E-state index contributed by atoms with van der Waals surface area (Å²) in [5.74, 6) is 0. The second-order valence-corrected chi connectivity index (χ2v) is 3.78. The maximum Gasteiger partial charge on any atom is 0.0648 e. The van der Waals surface area contributed by atoms with Crippen molar-refractivity contribution in [2.24, 2.45) is 0 Å². The molecule has 0 saturated carbocycles. The number of hydrogen-bond acceptors (Lipinski definition) is 2. The molecule has 1 aromatic heterocycles. The summed E-state index contributed by atoms with van der Waals surface area (Å²) < 4.78 is 2.01. The zero-order chi connectivity index (χ0) is 11.2. The monoisotopic (exact) mass is 215 g/mol. The molecule has 0 amide bonds. The fourth-order valence-electron chi connectivity index (χ4n) is 1.77. The van der Waals surface area contributed by atoms with Crippen LogP contribution in [0.2, 0.25) is 0 Å². The van der Waals surface area contributed by atoms with E-state index in [-0.39, 0.29) is 0 Å². The standard InChI is InChI=1S/C13H17N3/c1-14-10-5-8-13-9-11-15-16(13)12-6-3-2-4-7-12/h2-4,6-7,9,11,14H,5,8,10H2,1H3. The van der Waals surface area contributed by atoms with Crippen LogP contribution in [0.15, 0.2) is 42.6 Å². The molecule has 0 aliphatic carbocycles. The van der Waals surface area contributed by atoms with Crippen molar-refractivity contribution in [1.29, 1.82) is 0 Å². The van der Waals surface area contributed by atoms with Crippen molar-refractivity contribution >= 4 is 0 Å². The highest BCUT2D eigenvalue weighted by molar-refractivity contribution is 5.32. The second kappa shape index (κ2) is 5.47. The molecule has 2 aromatic rings. The zero-order valence-electron chi connectivity index (χ0n) is 9.56. The third-order valence-corrected chi connectivity index (χ3v) is 2.58. The summed E-state index contributed by atoms with van der Waals surface area (Å²) in [5.41, 5.74) is 2.40. The molecule has 0 fully saturated rings. The van der Waals surface area contributed by atoms with Gasteiger partial charge in [0.2, 0.25) is 0 Å². The van der Waals surface area contributed by atoms with E-state index in [0.29, 0.717) is 0 Å². The van der Waals surface area contributed by atoms with Gasteiger partial charge in [-0.15, -0.1) is 0 Å². The average molecular weight is 215 g/mol. The van der Waals surface area contributed by atoms with Gasteiger partial charge in [0.25, 0.3) is 0 Å². The normalized spacial score (nSPS) is 10.6. The molecule has 3 heteroatoms. The van der Waals surface area contributed by atoms with Gasteiger partial charge in [0.05, 0.1) is 5.69 Å².